The van der Waals surface area contributed by atoms with Gasteiger partial charge in [-0.25, -0.2) is 9.36 Å². The largest absolute Gasteiger partial charge is 0.475 e. The molecule has 2 saturated heterocycles. The molecule has 4 rings (SSSR count). The Morgan fingerprint density at radius 3 is 2.81 bits per heavy atom. The highest BCUT2D eigenvalue weighted by molar-refractivity contribution is 8.77. The van der Waals surface area contributed by atoms with Crippen molar-refractivity contribution in [1.29, 1.82) is 0 Å². The van der Waals surface area contributed by atoms with Gasteiger partial charge in [0.15, 0.2) is 0 Å². The van der Waals surface area contributed by atoms with Gasteiger partial charge in [0.2, 0.25) is 0 Å². The summed E-state index contributed by atoms with van der Waals surface area (Å²) in [6.07, 6.45) is -0.449. The fourth-order valence-electron chi connectivity index (χ4n) is 3.90. The van der Waals surface area contributed by atoms with E-state index in [2.05, 4.69) is 25.8 Å². The number of phosphoric acid groups is 1. The minimum atomic E-state index is -3.93. The van der Waals surface area contributed by atoms with E-state index in [0.717, 1.165) is 10.5 Å². The van der Waals surface area contributed by atoms with Crippen molar-refractivity contribution in [3.05, 3.63) is 52.6 Å². The van der Waals surface area contributed by atoms with Crippen LogP contribution in [0.15, 0.2) is 46.2 Å². The van der Waals surface area contributed by atoms with Gasteiger partial charge in [0.25, 0.3) is 0 Å². The molecule has 2 fully saturated rings. The topological polar surface area (TPSA) is 135 Å². The fourth-order valence-corrected chi connectivity index (χ4v) is 7.63. The number of ether oxygens (including phenoxy) is 1. The fraction of sp³-hybridized carbons (Fsp3) is 0.565. The number of aromatic nitrogens is 2. The molecule has 1 aromatic carbocycles. The summed E-state index contributed by atoms with van der Waals surface area (Å²) in [5.41, 5.74) is 4.50. The number of rotatable bonds is 8. The number of benzene rings is 1. The van der Waals surface area contributed by atoms with Crippen molar-refractivity contribution in [2.75, 3.05) is 18.9 Å². The van der Waals surface area contributed by atoms with E-state index < -0.39 is 37.4 Å². The molecule has 2 aliphatic heterocycles. The zero-order valence-electron chi connectivity index (χ0n) is 20.7. The second-order valence-corrected chi connectivity index (χ2v) is 14.5. The van der Waals surface area contributed by atoms with Crippen molar-refractivity contribution in [2.24, 2.45) is 0 Å². The molecule has 0 amide bonds. The molecule has 0 radical (unpaired) electrons. The highest BCUT2D eigenvalue weighted by atomic mass is 33.1. The van der Waals surface area contributed by atoms with Crippen LogP contribution in [0.3, 0.4) is 0 Å². The van der Waals surface area contributed by atoms with Gasteiger partial charge in [-0.1, -0.05) is 60.6 Å². The molecule has 198 valence electrons. The van der Waals surface area contributed by atoms with Gasteiger partial charge in [0.1, 0.15) is 29.7 Å². The first-order valence-electron chi connectivity index (χ1n) is 11.6. The zero-order valence-corrected chi connectivity index (χ0v) is 23.2. The molecule has 0 saturated carbocycles. The van der Waals surface area contributed by atoms with Crippen LogP contribution in [0.1, 0.15) is 33.3 Å². The maximum atomic E-state index is 13.2. The maximum Gasteiger partial charge on any atom is 0.475 e. The molecule has 0 aliphatic carbocycles. The molecule has 3 N–H and O–H groups in total. The van der Waals surface area contributed by atoms with E-state index in [1.165, 1.54) is 23.8 Å². The molecular weight excluding hydrogens is 525 g/mol. The number of nitrogens with zero attached hydrogens (tertiary/aromatic N) is 2. The third-order valence-electron chi connectivity index (χ3n) is 5.78. The normalized spacial score (nSPS) is 30.3. The van der Waals surface area contributed by atoms with Gasteiger partial charge in [-0.3, -0.25) is 18.1 Å². The van der Waals surface area contributed by atoms with E-state index in [9.17, 15) is 14.5 Å². The first kappa shape index (κ1) is 27.7. The lowest BCUT2D eigenvalue weighted by molar-refractivity contribution is -0.0791. The van der Waals surface area contributed by atoms with Gasteiger partial charge in [0, 0.05) is 15.8 Å². The Balaban J connectivity index is 1.37. The van der Waals surface area contributed by atoms with Crippen LogP contribution in [0.5, 0.6) is 0 Å². The molecule has 5 atom stereocenters. The van der Waals surface area contributed by atoms with E-state index in [4.69, 9.17) is 24.0 Å². The first-order valence-corrected chi connectivity index (χ1v) is 15.2. The van der Waals surface area contributed by atoms with E-state index >= 15 is 0 Å². The van der Waals surface area contributed by atoms with Crippen molar-refractivity contribution in [3.8, 4) is 0 Å². The Bertz CT molecular complexity index is 1190. The summed E-state index contributed by atoms with van der Waals surface area (Å²) in [5, 5.41) is 11.2. The number of nitrogens with two attached hydrogens (primary N) is 1. The third kappa shape index (κ3) is 6.54. The lowest BCUT2D eigenvalue weighted by atomic mass is 9.93. The van der Waals surface area contributed by atoms with Crippen LogP contribution in [0.2, 0.25) is 0 Å². The SMILES string of the molecule is CC(C)(C)SSc1ccccc1CCOP1(=O)OC[C@H]2O[C@@H](Cn3ccc(N)nc3=O)[C@](C)(O)[C@@H]2O1. The molecule has 1 unspecified atom stereocenters. The van der Waals surface area contributed by atoms with Gasteiger partial charge in [-0.15, -0.1) is 0 Å². The van der Waals surface area contributed by atoms with Gasteiger partial charge >= 0.3 is 13.5 Å². The Labute approximate surface area is 218 Å². The average molecular weight is 558 g/mol. The maximum absolute atomic E-state index is 13.2. The van der Waals surface area contributed by atoms with Gasteiger partial charge in [0.05, 0.1) is 19.8 Å². The first-order chi connectivity index (χ1) is 16.9. The van der Waals surface area contributed by atoms with Crippen LogP contribution in [-0.2, 0) is 35.8 Å². The highest BCUT2D eigenvalue weighted by Gasteiger charge is 2.59. The molecule has 0 spiro atoms. The smallest absolute Gasteiger partial charge is 0.385 e. The van der Waals surface area contributed by atoms with Gasteiger partial charge in [-0.2, -0.15) is 4.98 Å². The number of hydrogen-bond donors (Lipinski definition) is 2. The second kappa shape index (κ2) is 10.8. The molecule has 3 heterocycles. The summed E-state index contributed by atoms with van der Waals surface area (Å²) in [7, 11) is -0.461. The van der Waals surface area contributed by atoms with Crippen LogP contribution in [0, 0.1) is 0 Å². The van der Waals surface area contributed by atoms with Crippen LogP contribution in [0.25, 0.3) is 0 Å². The quantitative estimate of drug-likeness (QED) is 0.364. The molecule has 1 aromatic heterocycles. The summed E-state index contributed by atoms with van der Waals surface area (Å²) in [4.78, 5) is 16.9. The van der Waals surface area contributed by atoms with Crippen LogP contribution in [0.4, 0.5) is 5.82 Å². The molecule has 2 aromatic rings. The standard InChI is InChI=1S/C23H32N3O7PS2/c1-22(2,3)36-35-17-8-6-5-7-15(17)10-12-30-34(29)31-14-16-20(33-34)23(4,28)18(32-16)13-26-11-9-19(24)25-21(26)27/h5-9,11,16,18,20,28H,10,12-14H2,1-4H3,(H2,24,25,27)/t16-,18+,20-,23+,34?/m1/s1. The highest BCUT2D eigenvalue weighted by Crippen LogP contribution is 2.57. The van der Waals surface area contributed by atoms with E-state index in [-0.39, 0.29) is 30.3 Å². The van der Waals surface area contributed by atoms with E-state index in [1.54, 1.807) is 21.6 Å². The summed E-state index contributed by atoms with van der Waals surface area (Å²) in [6, 6.07) is 9.49. The lowest BCUT2D eigenvalue weighted by Crippen LogP contribution is -2.50. The number of nitrogen functional groups attached to an aromatic ring is 1. The number of anilines is 1. The summed E-state index contributed by atoms with van der Waals surface area (Å²) in [5.74, 6) is 0.105. The van der Waals surface area contributed by atoms with Crippen molar-refractivity contribution in [3.63, 3.8) is 0 Å². The summed E-state index contributed by atoms with van der Waals surface area (Å²) in [6.45, 7) is 8.05. The Morgan fingerprint density at radius 2 is 2.08 bits per heavy atom. The van der Waals surface area contributed by atoms with Crippen molar-refractivity contribution in [1.82, 2.24) is 9.55 Å². The monoisotopic (exact) mass is 557 g/mol. The molecule has 13 heteroatoms. The summed E-state index contributed by atoms with van der Waals surface area (Å²) < 4.78 is 37.3. The Kier molecular flexibility index (Phi) is 8.28. The predicted octanol–water partition coefficient (Wildman–Crippen LogP) is 3.67. The number of hydrogen-bond acceptors (Lipinski definition) is 11. The molecular formula is C23H32N3O7PS2. The lowest BCUT2D eigenvalue weighted by Gasteiger charge is -2.35. The van der Waals surface area contributed by atoms with Gasteiger partial charge < -0.3 is 15.6 Å². The third-order valence-corrected chi connectivity index (χ3v) is 10.7. The minimum absolute atomic E-state index is 0.0155. The number of aliphatic hydroxyl groups is 1. The number of phosphoric ester groups is 1. The summed E-state index contributed by atoms with van der Waals surface area (Å²) >= 11 is 0. The predicted molar refractivity (Wildman–Crippen MR) is 140 cm³/mol. The van der Waals surface area contributed by atoms with Crippen LogP contribution in [-0.4, -0.2) is 56.5 Å². The molecule has 36 heavy (non-hydrogen) atoms. The molecule has 0 bridgehead atoms. The zero-order chi connectivity index (χ0) is 26.1. The molecule has 10 nitrogen and oxygen atoms in total. The van der Waals surface area contributed by atoms with Crippen LogP contribution < -0.4 is 11.4 Å². The van der Waals surface area contributed by atoms with Crippen molar-refractivity contribution >= 4 is 35.2 Å². The minimum Gasteiger partial charge on any atom is -0.385 e. The van der Waals surface area contributed by atoms with Crippen molar-refractivity contribution < 1.29 is 28.0 Å². The number of fused-ring (bicyclic) bond motifs is 1. The van der Waals surface area contributed by atoms with E-state index in [1.807, 2.05) is 24.3 Å². The second-order valence-electron chi connectivity index (χ2n) is 9.92. The van der Waals surface area contributed by atoms with E-state index in [0.29, 0.717) is 6.42 Å². The van der Waals surface area contributed by atoms with Crippen molar-refractivity contribution in [2.45, 2.75) is 74.2 Å². The molecule has 2 aliphatic rings. The average Bonchev–Trinajstić information content (AvgIpc) is 3.03. The Hall–Kier alpha value is -1.37. The van der Waals surface area contributed by atoms with Gasteiger partial charge in [-0.05, 0) is 31.0 Å². The Morgan fingerprint density at radius 1 is 1.33 bits per heavy atom. The van der Waals surface area contributed by atoms with Crippen LogP contribution >= 0.6 is 29.4 Å².